The minimum absolute atomic E-state index is 0.147. The second-order valence-electron chi connectivity index (χ2n) is 9.48. The van der Waals surface area contributed by atoms with Crippen LogP contribution in [0, 0.1) is 0 Å². The second-order valence-corrected chi connectivity index (χ2v) is 9.48. The zero-order chi connectivity index (χ0) is 25.3. The molecule has 2 unspecified atom stereocenters. The fraction of sp³-hybridized carbons (Fsp3) is 0.423. The molecule has 1 aromatic heterocycles. The first-order valence-corrected chi connectivity index (χ1v) is 12.1. The van der Waals surface area contributed by atoms with E-state index < -0.39 is 17.8 Å². The minimum Gasteiger partial charge on any atom is -0.393 e. The molecule has 2 fully saturated rings. The number of urea groups is 1. The highest BCUT2D eigenvalue weighted by molar-refractivity contribution is 5.75. The van der Waals surface area contributed by atoms with Crippen molar-refractivity contribution in [1.29, 1.82) is 0 Å². The number of hydrogen-bond donors (Lipinski definition) is 1. The van der Waals surface area contributed by atoms with Crippen LogP contribution in [-0.4, -0.2) is 63.4 Å². The van der Waals surface area contributed by atoms with Crippen molar-refractivity contribution in [3.8, 4) is 11.4 Å². The fourth-order valence-electron chi connectivity index (χ4n) is 4.98. The molecule has 2 amide bonds. The number of alkyl halides is 3. The Bertz CT molecular complexity index is 1180. The molecule has 0 bridgehead atoms. The molecule has 3 heterocycles. The third-order valence-electron chi connectivity index (χ3n) is 6.99. The zero-order valence-electron chi connectivity index (χ0n) is 19.6. The Morgan fingerprint density at radius 2 is 1.61 bits per heavy atom. The lowest BCUT2D eigenvalue weighted by Crippen LogP contribution is -2.51. The van der Waals surface area contributed by atoms with E-state index in [9.17, 15) is 23.1 Å². The van der Waals surface area contributed by atoms with Gasteiger partial charge in [-0.05, 0) is 37.0 Å². The average molecular weight is 501 g/mol. The Hall–Kier alpha value is -3.40. The number of rotatable bonds is 3. The Morgan fingerprint density at radius 1 is 0.944 bits per heavy atom. The van der Waals surface area contributed by atoms with E-state index in [1.165, 1.54) is 12.1 Å². The Balaban J connectivity index is 1.41. The average Bonchev–Trinajstić information content (AvgIpc) is 3.39. The minimum atomic E-state index is -4.41. The van der Waals surface area contributed by atoms with Gasteiger partial charge in [-0.2, -0.15) is 18.2 Å². The van der Waals surface area contributed by atoms with Gasteiger partial charge in [0, 0.05) is 37.7 Å². The van der Waals surface area contributed by atoms with E-state index in [0.717, 1.165) is 23.3 Å². The number of likely N-dealkylation sites (tertiary alicyclic amines) is 2. The molecule has 0 radical (unpaired) electrons. The SMILES string of the molecule is O=C(N1CCC(O)CC1)N1CC(c2ccc(C(F)(F)F)cc2)CC(c2nc(-c3ccccc3)no2)C1. The van der Waals surface area contributed by atoms with Gasteiger partial charge in [-0.3, -0.25) is 0 Å². The summed E-state index contributed by atoms with van der Waals surface area (Å²) < 4.78 is 44.9. The van der Waals surface area contributed by atoms with Crippen LogP contribution in [0.25, 0.3) is 11.4 Å². The van der Waals surface area contributed by atoms with E-state index in [1.54, 1.807) is 9.80 Å². The van der Waals surface area contributed by atoms with E-state index in [1.807, 2.05) is 30.3 Å². The van der Waals surface area contributed by atoms with Gasteiger partial charge in [-0.25, -0.2) is 4.79 Å². The van der Waals surface area contributed by atoms with Crippen molar-refractivity contribution in [1.82, 2.24) is 19.9 Å². The first-order valence-electron chi connectivity index (χ1n) is 12.1. The van der Waals surface area contributed by atoms with Gasteiger partial charge in [0.15, 0.2) is 0 Å². The van der Waals surface area contributed by atoms with E-state index in [-0.39, 0.29) is 17.9 Å². The van der Waals surface area contributed by atoms with Gasteiger partial charge in [0.05, 0.1) is 17.6 Å². The molecule has 190 valence electrons. The first kappa shape index (κ1) is 24.3. The van der Waals surface area contributed by atoms with Crippen molar-refractivity contribution in [2.75, 3.05) is 26.2 Å². The number of carbonyl (C=O) groups is 1. The quantitative estimate of drug-likeness (QED) is 0.553. The molecule has 36 heavy (non-hydrogen) atoms. The molecule has 3 aromatic rings. The predicted octanol–water partition coefficient (Wildman–Crippen LogP) is 4.91. The number of hydrogen-bond acceptors (Lipinski definition) is 5. The van der Waals surface area contributed by atoms with Crippen LogP contribution in [0.5, 0.6) is 0 Å². The van der Waals surface area contributed by atoms with Gasteiger partial charge >= 0.3 is 12.2 Å². The Kier molecular flexibility index (Phi) is 6.70. The van der Waals surface area contributed by atoms with Gasteiger partial charge in [-0.1, -0.05) is 47.6 Å². The number of halogens is 3. The number of aliphatic hydroxyl groups excluding tert-OH is 1. The van der Waals surface area contributed by atoms with Crippen LogP contribution >= 0.6 is 0 Å². The topological polar surface area (TPSA) is 82.7 Å². The largest absolute Gasteiger partial charge is 0.416 e. The van der Waals surface area contributed by atoms with Gasteiger partial charge in [0.2, 0.25) is 11.7 Å². The summed E-state index contributed by atoms with van der Waals surface area (Å²) in [5.41, 5.74) is 0.826. The van der Waals surface area contributed by atoms with Gasteiger partial charge < -0.3 is 19.4 Å². The molecule has 10 heteroatoms. The molecular weight excluding hydrogens is 473 g/mol. The molecule has 0 saturated carbocycles. The summed E-state index contributed by atoms with van der Waals surface area (Å²) in [6.07, 6.45) is -3.21. The van der Waals surface area contributed by atoms with Crippen molar-refractivity contribution in [2.45, 2.75) is 43.4 Å². The normalized spacial score (nSPS) is 21.6. The van der Waals surface area contributed by atoms with Crippen LogP contribution in [0.4, 0.5) is 18.0 Å². The lowest BCUT2D eigenvalue weighted by Gasteiger charge is -2.40. The summed E-state index contributed by atoms with van der Waals surface area (Å²) in [5.74, 6) is 0.384. The molecule has 2 aliphatic rings. The van der Waals surface area contributed by atoms with Crippen molar-refractivity contribution < 1.29 is 27.6 Å². The lowest BCUT2D eigenvalue weighted by molar-refractivity contribution is -0.137. The lowest BCUT2D eigenvalue weighted by atomic mass is 9.84. The number of aliphatic hydroxyl groups is 1. The number of amides is 2. The van der Waals surface area contributed by atoms with Crippen LogP contribution < -0.4 is 0 Å². The van der Waals surface area contributed by atoms with E-state index in [2.05, 4.69) is 10.1 Å². The van der Waals surface area contributed by atoms with Gasteiger partial charge in [-0.15, -0.1) is 0 Å². The molecule has 2 atom stereocenters. The first-order chi connectivity index (χ1) is 17.3. The van der Waals surface area contributed by atoms with E-state index in [0.29, 0.717) is 57.2 Å². The molecular formula is C26H27F3N4O3. The van der Waals surface area contributed by atoms with E-state index in [4.69, 9.17) is 4.52 Å². The van der Waals surface area contributed by atoms with Crippen molar-refractivity contribution >= 4 is 6.03 Å². The molecule has 0 spiro atoms. The predicted molar refractivity (Wildman–Crippen MR) is 125 cm³/mol. The summed E-state index contributed by atoms with van der Waals surface area (Å²) in [6.45, 7) is 1.67. The Labute approximate surface area is 206 Å². The van der Waals surface area contributed by atoms with Crippen LogP contribution in [-0.2, 0) is 6.18 Å². The molecule has 2 aliphatic heterocycles. The third kappa shape index (κ3) is 5.23. The smallest absolute Gasteiger partial charge is 0.393 e. The van der Waals surface area contributed by atoms with Crippen molar-refractivity contribution in [3.05, 3.63) is 71.6 Å². The summed E-state index contributed by atoms with van der Waals surface area (Å²) in [5, 5.41) is 13.9. The molecule has 2 saturated heterocycles. The number of nitrogens with zero attached hydrogens (tertiary/aromatic N) is 4. The van der Waals surface area contributed by atoms with Gasteiger partial charge in [0.25, 0.3) is 0 Å². The summed E-state index contributed by atoms with van der Waals surface area (Å²) in [7, 11) is 0. The van der Waals surface area contributed by atoms with Crippen molar-refractivity contribution in [3.63, 3.8) is 0 Å². The fourth-order valence-corrected chi connectivity index (χ4v) is 4.98. The highest BCUT2D eigenvalue weighted by Crippen LogP contribution is 2.38. The highest BCUT2D eigenvalue weighted by atomic mass is 19.4. The summed E-state index contributed by atoms with van der Waals surface area (Å²) >= 11 is 0. The van der Waals surface area contributed by atoms with Crippen LogP contribution in [0.1, 0.15) is 48.1 Å². The maximum atomic E-state index is 13.4. The molecule has 5 rings (SSSR count). The molecule has 7 nitrogen and oxygen atoms in total. The summed E-state index contributed by atoms with van der Waals surface area (Å²) in [6, 6.07) is 14.4. The maximum absolute atomic E-state index is 13.4. The highest BCUT2D eigenvalue weighted by Gasteiger charge is 2.37. The third-order valence-corrected chi connectivity index (χ3v) is 6.99. The van der Waals surface area contributed by atoms with Crippen LogP contribution in [0.15, 0.2) is 59.1 Å². The molecule has 2 aromatic carbocycles. The van der Waals surface area contributed by atoms with E-state index >= 15 is 0 Å². The Morgan fingerprint density at radius 3 is 2.28 bits per heavy atom. The molecule has 1 N–H and O–H groups in total. The van der Waals surface area contributed by atoms with Gasteiger partial charge in [0.1, 0.15) is 0 Å². The van der Waals surface area contributed by atoms with Crippen molar-refractivity contribution in [2.24, 2.45) is 0 Å². The maximum Gasteiger partial charge on any atom is 0.416 e. The van der Waals surface area contributed by atoms with Crippen LogP contribution in [0.3, 0.4) is 0 Å². The standard InChI is InChI=1S/C26H27F3N4O3/c27-26(28,29)21-8-6-17(7-9-21)19-14-20(24-30-23(31-36-24)18-4-2-1-3-5-18)16-33(15-19)25(35)32-12-10-22(34)11-13-32/h1-9,19-20,22,34H,10-16H2. The number of benzene rings is 2. The molecule has 0 aliphatic carbocycles. The van der Waals surface area contributed by atoms with Crippen LogP contribution in [0.2, 0.25) is 0 Å². The zero-order valence-corrected chi connectivity index (χ0v) is 19.6. The number of aromatic nitrogens is 2. The number of piperidine rings is 2. The second kappa shape index (κ2) is 9.93. The number of carbonyl (C=O) groups excluding carboxylic acids is 1. The summed E-state index contributed by atoms with van der Waals surface area (Å²) in [4.78, 5) is 21.4. The monoisotopic (exact) mass is 500 g/mol.